The van der Waals surface area contributed by atoms with Crippen molar-refractivity contribution in [2.75, 3.05) is 0 Å². The third-order valence-electron chi connectivity index (χ3n) is 2.99. The summed E-state index contributed by atoms with van der Waals surface area (Å²) >= 11 is 0. The van der Waals surface area contributed by atoms with E-state index in [2.05, 4.69) is 13.8 Å². The number of carbonyl (C=O) groups is 1. The Bertz CT molecular complexity index is 550. The molecule has 0 aromatic heterocycles. The molecule has 1 aromatic rings. The average Bonchev–Trinajstić information content (AvgIpc) is 2.65. The van der Waals surface area contributed by atoms with Gasteiger partial charge in [0.05, 0.1) is 17.7 Å². The van der Waals surface area contributed by atoms with Gasteiger partial charge in [0.15, 0.2) is 0 Å². The number of nitrogens with zero attached hydrogens (tertiary/aromatic N) is 1. The summed E-state index contributed by atoms with van der Waals surface area (Å²) in [6.45, 7) is 4.14. The highest BCUT2D eigenvalue weighted by Crippen LogP contribution is 2.32. The highest BCUT2D eigenvalue weighted by Gasteiger charge is 2.27. The van der Waals surface area contributed by atoms with E-state index in [1.807, 2.05) is 18.2 Å². The molecule has 0 N–H and O–H groups in total. The summed E-state index contributed by atoms with van der Waals surface area (Å²) in [5, 5.41) is 8.65. The van der Waals surface area contributed by atoms with Crippen molar-refractivity contribution in [3.63, 3.8) is 0 Å². The predicted octanol–water partition coefficient (Wildman–Crippen LogP) is 2.85. The van der Waals surface area contributed by atoms with Crippen LogP contribution in [0.5, 0.6) is 0 Å². The highest BCUT2D eigenvalue weighted by molar-refractivity contribution is 6.03. The minimum absolute atomic E-state index is 0.362. The zero-order valence-electron chi connectivity index (χ0n) is 9.91. The normalized spacial score (nSPS) is 15.6. The zero-order valence-corrected chi connectivity index (χ0v) is 9.91. The topological polar surface area (TPSA) is 50.1 Å². The largest absolute Gasteiger partial charge is 0.421 e. The molecule has 0 unspecified atom stereocenters. The molecule has 0 atom stereocenters. The summed E-state index contributed by atoms with van der Waals surface area (Å²) in [7, 11) is 0. The molecule has 0 spiro atoms. The van der Waals surface area contributed by atoms with E-state index in [-0.39, 0.29) is 5.97 Å². The van der Waals surface area contributed by atoms with Gasteiger partial charge in [-0.25, -0.2) is 4.79 Å². The maximum atomic E-state index is 11.6. The summed E-state index contributed by atoms with van der Waals surface area (Å²) in [5.74, 6) is 0.00343. The molecule has 3 heteroatoms. The first kappa shape index (κ1) is 11.4. The fourth-order valence-corrected chi connectivity index (χ4v) is 2.10. The Morgan fingerprint density at radius 3 is 2.35 bits per heavy atom. The van der Waals surface area contributed by atoms with E-state index in [9.17, 15) is 4.79 Å². The van der Waals surface area contributed by atoms with Crippen LogP contribution in [0.4, 0.5) is 0 Å². The van der Waals surface area contributed by atoms with Crippen LogP contribution in [0.3, 0.4) is 0 Å². The molecule has 3 nitrogen and oxygen atoms in total. The maximum absolute atomic E-state index is 11.6. The molecule has 1 heterocycles. The molecule has 0 fully saturated rings. The van der Waals surface area contributed by atoms with Crippen LogP contribution in [0, 0.1) is 11.3 Å². The van der Waals surface area contributed by atoms with Crippen molar-refractivity contribution >= 4 is 11.7 Å². The molecule has 0 saturated heterocycles. The molecule has 1 aliphatic rings. The summed E-state index contributed by atoms with van der Waals surface area (Å²) < 4.78 is 5.07. The van der Waals surface area contributed by atoms with E-state index < -0.39 is 0 Å². The highest BCUT2D eigenvalue weighted by atomic mass is 16.5. The summed E-state index contributed by atoms with van der Waals surface area (Å²) in [4.78, 5) is 11.6. The van der Waals surface area contributed by atoms with E-state index in [0.717, 1.165) is 18.4 Å². The van der Waals surface area contributed by atoms with Gasteiger partial charge < -0.3 is 4.74 Å². The second-order valence-electron chi connectivity index (χ2n) is 3.90. The monoisotopic (exact) mass is 227 g/mol. The number of hydrogen-bond donors (Lipinski definition) is 0. The van der Waals surface area contributed by atoms with Crippen LogP contribution < -0.4 is 0 Å². The Morgan fingerprint density at radius 1 is 1.24 bits per heavy atom. The van der Waals surface area contributed by atoms with E-state index in [0.29, 0.717) is 11.3 Å². The number of fused-ring (bicyclic) bond motifs is 1. The van der Waals surface area contributed by atoms with Crippen molar-refractivity contribution in [3.05, 3.63) is 40.5 Å². The van der Waals surface area contributed by atoms with Gasteiger partial charge in [-0.15, -0.1) is 0 Å². The zero-order chi connectivity index (χ0) is 12.4. The smallest absolute Gasteiger partial charge is 0.344 e. The van der Waals surface area contributed by atoms with Gasteiger partial charge in [-0.1, -0.05) is 13.8 Å². The van der Waals surface area contributed by atoms with Gasteiger partial charge in [0.2, 0.25) is 0 Å². The van der Waals surface area contributed by atoms with Gasteiger partial charge in [0, 0.05) is 5.56 Å². The van der Waals surface area contributed by atoms with E-state index in [4.69, 9.17) is 10.00 Å². The van der Waals surface area contributed by atoms with Crippen molar-refractivity contribution in [2.45, 2.75) is 26.7 Å². The molecule has 0 amide bonds. The number of cyclic esters (lactones) is 1. The summed E-state index contributed by atoms with van der Waals surface area (Å²) in [5.41, 5.74) is 3.68. The number of carbonyl (C=O) groups excluding carboxylic acids is 1. The lowest BCUT2D eigenvalue weighted by Crippen LogP contribution is -1.98. The molecular formula is C14H13NO2. The molecule has 0 radical (unpaired) electrons. The Labute approximate surface area is 100 Å². The number of nitriles is 1. The van der Waals surface area contributed by atoms with Gasteiger partial charge in [0.25, 0.3) is 0 Å². The van der Waals surface area contributed by atoms with Crippen molar-refractivity contribution in [1.29, 1.82) is 5.26 Å². The Balaban J connectivity index is 2.63. The number of esters is 1. The maximum Gasteiger partial charge on any atom is 0.344 e. The van der Waals surface area contributed by atoms with E-state index in [1.54, 1.807) is 0 Å². The van der Waals surface area contributed by atoms with Crippen molar-refractivity contribution in [3.8, 4) is 6.07 Å². The van der Waals surface area contributed by atoms with Gasteiger partial charge in [-0.2, -0.15) is 5.26 Å². The number of hydrogen-bond acceptors (Lipinski definition) is 3. The lowest BCUT2D eigenvalue weighted by atomic mass is 9.95. The van der Waals surface area contributed by atoms with Gasteiger partial charge in [0.1, 0.15) is 5.76 Å². The Kier molecular flexibility index (Phi) is 2.97. The van der Waals surface area contributed by atoms with Gasteiger partial charge >= 0.3 is 5.97 Å². The first-order valence-electron chi connectivity index (χ1n) is 5.69. The van der Waals surface area contributed by atoms with Gasteiger partial charge in [-0.3, -0.25) is 0 Å². The van der Waals surface area contributed by atoms with Crippen LogP contribution in [-0.4, -0.2) is 5.97 Å². The first-order chi connectivity index (χ1) is 8.21. The molecule has 2 rings (SSSR count). The minimum atomic E-state index is -0.362. The third kappa shape index (κ3) is 1.83. The Hall–Kier alpha value is -2.08. The SMILES string of the molecule is CCc1cc2c(cc1CC)/C(=C\C#N)OC2=O. The molecule has 0 saturated carbocycles. The van der Waals surface area contributed by atoms with E-state index in [1.165, 1.54) is 17.2 Å². The number of benzene rings is 1. The van der Waals surface area contributed by atoms with Crippen LogP contribution >= 0.6 is 0 Å². The van der Waals surface area contributed by atoms with Crippen LogP contribution in [0.15, 0.2) is 18.2 Å². The van der Waals surface area contributed by atoms with Crippen molar-refractivity contribution < 1.29 is 9.53 Å². The second-order valence-corrected chi connectivity index (χ2v) is 3.90. The van der Waals surface area contributed by atoms with Crippen LogP contribution in [0.1, 0.15) is 40.9 Å². The van der Waals surface area contributed by atoms with Crippen LogP contribution in [0.25, 0.3) is 5.76 Å². The molecule has 0 aliphatic carbocycles. The summed E-state index contributed by atoms with van der Waals surface area (Å²) in [6.07, 6.45) is 3.07. The number of rotatable bonds is 2. The molecule has 86 valence electrons. The molecular weight excluding hydrogens is 214 g/mol. The fourth-order valence-electron chi connectivity index (χ4n) is 2.10. The fraction of sp³-hybridized carbons (Fsp3) is 0.286. The summed E-state index contributed by atoms with van der Waals surface area (Å²) in [6, 6.07) is 5.74. The minimum Gasteiger partial charge on any atom is -0.421 e. The lowest BCUT2D eigenvalue weighted by Gasteiger charge is -2.07. The van der Waals surface area contributed by atoms with E-state index >= 15 is 0 Å². The predicted molar refractivity (Wildman–Crippen MR) is 64.2 cm³/mol. The quantitative estimate of drug-likeness (QED) is 0.576. The molecule has 0 bridgehead atoms. The standard InChI is InChI=1S/C14H13NO2/c1-3-9-7-11-12(8-10(9)4-2)14(16)17-13(11)5-6-15/h5,7-8H,3-4H2,1-2H3/b13-5+. The molecule has 1 aromatic carbocycles. The number of aryl methyl sites for hydroxylation is 2. The van der Waals surface area contributed by atoms with Crippen LogP contribution in [0.2, 0.25) is 0 Å². The molecule has 17 heavy (non-hydrogen) atoms. The number of allylic oxidation sites excluding steroid dienone is 1. The lowest BCUT2D eigenvalue weighted by molar-refractivity contribution is 0.0716. The molecule has 1 aliphatic heterocycles. The second kappa shape index (κ2) is 4.42. The number of ether oxygens (including phenoxy) is 1. The van der Waals surface area contributed by atoms with Crippen molar-refractivity contribution in [2.24, 2.45) is 0 Å². The first-order valence-corrected chi connectivity index (χ1v) is 5.69. The Morgan fingerprint density at radius 2 is 1.82 bits per heavy atom. The van der Waals surface area contributed by atoms with Gasteiger partial charge in [-0.05, 0) is 36.1 Å². The van der Waals surface area contributed by atoms with Crippen molar-refractivity contribution in [1.82, 2.24) is 0 Å². The average molecular weight is 227 g/mol. The van der Waals surface area contributed by atoms with Crippen LogP contribution in [-0.2, 0) is 17.6 Å². The third-order valence-corrected chi connectivity index (χ3v) is 2.99.